The Morgan fingerprint density at radius 2 is 2.14 bits per heavy atom. The molecular formula is C17H24ClFN2O. The van der Waals surface area contributed by atoms with Gasteiger partial charge in [0.25, 0.3) is 0 Å². The van der Waals surface area contributed by atoms with Gasteiger partial charge in [-0.1, -0.05) is 19.1 Å². The van der Waals surface area contributed by atoms with Gasteiger partial charge in [0.2, 0.25) is 5.91 Å². The summed E-state index contributed by atoms with van der Waals surface area (Å²) in [7, 11) is 0. The van der Waals surface area contributed by atoms with Crippen molar-refractivity contribution >= 4 is 18.3 Å². The Morgan fingerprint density at radius 3 is 2.91 bits per heavy atom. The summed E-state index contributed by atoms with van der Waals surface area (Å²) in [5, 5.41) is 3.41. The molecular weight excluding hydrogens is 303 g/mol. The molecule has 0 saturated carbocycles. The Morgan fingerprint density at radius 1 is 1.36 bits per heavy atom. The van der Waals surface area contributed by atoms with Gasteiger partial charge in [0.1, 0.15) is 5.82 Å². The molecule has 3 rings (SSSR count). The minimum absolute atomic E-state index is 0. The number of rotatable bonds is 3. The van der Waals surface area contributed by atoms with E-state index in [4.69, 9.17) is 0 Å². The number of nitrogens with one attached hydrogen (secondary N) is 1. The van der Waals surface area contributed by atoms with Crippen LogP contribution in [0.2, 0.25) is 0 Å². The van der Waals surface area contributed by atoms with E-state index in [1.807, 2.05) is 13.0 Å². The van der Waals surface area contributed by atoms with Gasteiger partial charge in [0, 0.05) is 25.0 Å². The van der Waals surface area contributed by atoms with Crippen LogP contribution in [0.25, 0.3) is 0 Å². The minimum atomic E-state index is -0.231. The van der Waals surface area contributed by atoms with Gasteiger partial charge < -0.3 is 10.2 Å². The van der Waals surface area contributed by atoms with Crippen molar-refractivity contribution in [1.82, 2.24) is 10.2 Å². The number of hydrogen-bond donors (Lipinski definition) is 1. The average molecular weight is 327 g/mol. The fraction of sp³-hybridized carbons (Fsp3) is 0.588. The van der Waals surface area contributed by atoms with Gasteiger partial charge >= 0.3 is 0 Å². The summed E-state index contributed by atoms with van der Waals surface area (Å²) in [6.45, 7) is 3.92. The number of benzene rings is 1. The number of halogens is 2. The molecule has 2 aliphatic heterocycles. The largest absolute Gasteiger partial charge is 0.335 e. The number of hydrogen-bond acceptors (Lipinski definition) is 2. The van der Waals surface area contributed by atoms with Crippen molar-refractivity contribution < 1.29 is 9.18 Å². The van der Waals surface area contributed by atoms with Crippen molar-refractivity contribution in [2.75, 3.05) is 13.1 Å². The third-order valence-electron chi connectivity index (χ3n) is 4.84. The highest BCUT2D eigenvalue weighted by Gasteiger charge is 2.38. The van der Waals surface area contributed by atoms with E-state index in [0.29, 0.717) is 18.5 Å². The SMILES string of the molecule is CC(CC(=O)N1C2CCNCC1CC2)c1cccc(F)c1.Cl. The molecule has 22 heavy (non-hydrogen) atoms. The van der Waals surface area contributed by atoms with Crippen molar-refractivity contribution in [2.24, 2.45) is 0 Å². The summed E-state index contributed by atoms with van der Waals surface area (Å²) < 4.78 is 13.3. The molecule has 2 aliphatic rings. The Balaban J connectivity index is 0.00000176. The fourth-order valence-electron chi connectivity index (χ4n) is 3.69. The van der Waals surface area contributed by atoms with Crippen molar-refractivity contribution in [3.05, 3.63) is 35.6 Å². The lowest BCUT2D eigenvalue weighted by atomic mass is 9.96. The van der Waals surface area contributed by atoms with Gasteiger partial charge in [-0.2, -0.15) is 0 Å². The van der Waals surface area contributed by atoms with Crippen LogP contribution in [0.3, 0.4) is 0 Å². The highest BCUT2D eigenvalue weighted by Crippen LogP contribution is 2.30. The molecule has 1 N–H and O–H groups in total. The topological polar surface area (TPSA) is 32.3 Å². The van der Waals surface area contributed by atoms with Crippen LogP contribution in [0.4, 0.5) is 4.39 Å². The highest BCUT2D eigenvalue weighted by atomic mass is 35.5. The molecule has 2 bridgehead atoms. The average Bonchev–Trinajstić information content (AvgIpc) is 2.72. The molecule has 122 valence electrons. The van der Waals surface area contributed by atoms with E-state index in [1.165, 1.54) is 12.1 Å². The Hall–Kier alpha value is -1.13. The number of carbonyl (C=O) groups is 1. The monoisotopic (exact) mass is 326 g/mol. The molecule has 5 heteroatoms. The summed E-state index contributed by atoms with van der Waals surface area (Å²) >= 11 is 0. The maximum atomic E-state index is 13.3. The molecule has 1 aromatic carbocycles. The first-order valence-corrected chi connectivity index (χ1v) is 7.92. The molecule has 2 saturated heterocycles. The number of amides is 1. The zero-order valence-electron chi connectivity index (χ0n) is 12.9. The Bertz CT molecular complexity index is 511. The normalized spacial score (nSPS) is 25.3. The van der Waals surface area contributed by atoms with Crippen molar-refractivity contribution in [2.45, 2.75) is 50.6 Å². The van der Waals surface area contributed by atoms with Crippen LogP contribution in [0.5, 0.6) is 0 Å². The quantitative estimate of drug-likeness (QED) is 0.925. The van der Waals surface area contributed by atoms with Crippen molar-refractivity contribution in [3.8, 4) is 0 Å². The lowest BCUT2D eigenvalue weighted by Crippen LogP contribution is -2.42. The molecule has 0 radical (unpaired) electrons. The lowest BCUT2D eigenvalue weighted by molar-refractivity contribution is -0.134. The summed E-state index contributed by atoms with van der Waals surface area (Å²) in [6.07, 6.45) is 3.76. The molecule has 0 aromatic heterocycles. The maximum Gasteiger partial charge on any atom is 0.223 e. The minimum Gasteiger partial charge on any atom is -0.335 e. The fourth-order valence-corrected chi connectivity index (χ4v) is 3.69. The first-order chi connectivity index (χ1) is 10.1. The van der Waals surface area contributed by atoms with E-state index in [-0.39, 0.29) is 30.0 Å². The molecule has 3 atom stereocenters. The van der Waals surface area contributed by atoms with Crippen LogP contribution in [0.15, 0.2) is 24.3 Å². The van der Waals surface area contributed by atoms with Crippen LogP contribution in [0.1, 0.15) is 44.1 Å². The third kappa shape index (κ3) is 3.61. The molecule has 1 aromatic rings. The summed E-state index contributed by atoms with van der Waals surface area (Å²) in [6, 6.07) is 7.35. The van der Waals surface area contributed by atoms with Crippen molar-refractivity contribution in [1.29, 1.82) is 0 Å². The molecule has 3 nitrogen and oxygen atoms in total. The second kappa shape index (κ2) is 7.42. The van der Waals surface area contributed by atoms with E-state index < -0.39 is 0 Å². The van der Waals surface area contributed by atoms with Crippen molar-refractivity contribution in [3.63, 3.8) is 0 Å². The lowest BCUT2D eigenvalue weighted by Gasteiger charge is -2.29. The smallest absolute Gasteiger partial charge is 0.223 e. The van der Waals surface area contributed by atoms with Crippen LogP contribution in [-0.2, 0) is 4.79 Å². The van der Waals surface area contributed by atoms with Gasteiger partial charge in [0.15, 0.2) is 0 Å². The van der Waals surface area contributed by atoms with Gasteiger partial charge in [-0.05, 0) is 49.4 Å². The number of nitrogens with zero attached hydrogens (tertiary/aromatic N) is 1. The molecule has 3 unspecified atom stereocenters. The van der Waals surface area contributed by atoms with E-state index in [9.17, 15) is 9.18 Å². The summed E-state index contributed by atoms with van der Waals surface area (Å²) in [5.74, 6) is 0.0533. The van der Waals surface area contributed by atoms with Crippen LogP contribution < -0.4 is 5.32 Å². The van der Waals surface area contributed by atoms with E-state index in [0.717, 1.165) is 37.9 Å². The van der Waals surface area contributed by atoms with Crippen LogP contribution >= 0.6 is 12.4 Å². The first kappa shape index (κ1) is 17.2. The summed E-state index contributed by atoms with van der Waals surface area (Å²) in [5.41, 5.74) is 0.906. The predicted molar refractivity (Wildman–Crippen MR) is 87.8 cm³/mol. The van der Waals surface area contributed by atoms with Crippen LogP contribution in [0, 0.1) is 5.82 Å². The van der Waals surface area contributed by atoms with E-state index in [1.54, 1.807) is 6.07 Å². The zero-order valence-corrected chi connectivity index (χ0v) is 13.7. The molecule has 2 heterocycles. The van der Waals surface area contributed by atoms with Gasteiger partial charge in [0.05, 0.1) is 0 Å². The Labute approximate surface area is 137 Å². The molecule has 1 amide bonds. The second-order valence-corrected chi connectivity index (χ2v) is 6.34. The van der Waals surface area contributed by atoms with E-state index >= 15 is 0 Å². The van der Waals surface area contributed by atoms with Crippen LogP contribution in [-0.4, -0.2) is 36.0 Å². The number of fused-ring (bicyclic) bond motifs is 2. The number of carbonyl (C=O) groups excluding carboxylic acids is 1. The Kier molecular flexibility index (Phi) is 5.81. The molecule has 2 fully saturated rings. The first-order valence-electron chi connectivity index (χ1n) is 7.92. The molecule has 0 spiro atoms. The molecule has 0 aliphatic carbocycles. The maximum absolute atomic E-state index is 13.3. The second-order valence-electron chi connectivity index (χ2n) is 6.34. The predicted octanol–water partition coefficient (Wildman–Crippen LogP) is 3.09. The van der Waals surface area contributed by atoms with Gasteiger partial charge in [-0.15, -0.1) is 12.4 Å². The third-order valence-corrected chi connectivity index (χ3v) is 4.84. The van der Waals surface area contributed by atoms with E-state index in [2.05, 4.69) is 10.2 Å². The summed E-state index contributed by atoms with van der Waals surface area (Å²) in [4.78, 5) is 14.8. The standard InChI is InChI=1S/C17H23FN2O.ClH/c1-12(13-3-2-4-14(18)10-13)9-17(21)20-15-5-6-16(20)11-19-8-7-15;/h2-4,10,12,15-16,19H,5-9,11H2,1H3;1H. The van der Waals surface area contributed by atoms with Gasteiger partial charge in [-0.3, -0.25) is 4.79 Å². The highest BCUT2D eigenvalue weighted by molar-refractivity contribution is 5.85. The van der Waals surface area contributed by atoms with Gasteiger partial charge in [-0.25, -0.2) is 4.39 Å². The zero-order chi connectivity index (χ0) is 14.8.